The second kappa shape index (κ2) is 6.73. The minimum atomic E-state index is -3.34. The summed E-state index contributed by atoms with van der Waals surface area (Å²) in [6.45, 7) is 1.04. The van der Waals surface area contributed by atoms with Gasteiger partial charge in [-0.3, -0.25) is 0 Å². The molecule has 0 aliphatic heterocycles. The summed E-state index contributed by atoms with van der Waals surface area (Å²) in [7, 11) is 0.426. The molecule has 0 fully saturated rings. The summed E-state index contributed by atoms with van der Waals surface area (Å²) in [5, 5.41) is 0.774. The Bertz CT molecular complexity index is 504. The van der Waals surface area contributed by atoms with E-state index >= 15 is 0 Å². The predicted molar refractivity (Wildman–Crippen MR) is 75.6 cm³/mol. The van der Waals surface area contributed by atoms with E-state index < -0.39 is 10.0 Å². The number of benzene rings is 1. The normalized spacial score (nSPS) is 12.1. The molecule has 0 spiro atoms. The first kappa shape index (κ1) is 15.7. The van der Waals surface area contributed by atoms with Crippen molar-refractivity contribution >= 4 is 33.2 Å². The van der Waals surface area contributed by atoms with Crippen LogP contribution >= 0.6 is 23.2 Å². The molecule has 0 saturated carbocycles. The van der Waals surface area contributed by atoms with E-state index in [2.05, 4.69) is 4.72 Å². The van der Waals surface area contributed by atoms with Crippen LogP contribution in [-0.2, 0) is 15.8 Å². The standard InChI is InChI=1S/C11H16Cl2N2O2S/c1-15(2)6-5-14-18(16,17)8-9-3-4-10(12)11(13)7-9/h3-4,7,14H,5-6,8H2,1-2H3. The van der Waals surface area contributed by atoms with Crippen LogP contribution in [0.3, 0.4) is 0 Å². The topological polar surface area (TPSA) is 49.4 Å². The van der Waals surface area contributed by atoms with E-state index in [1.54, 1.807) is 18.2 Å². The van der Waals surface area contributed by atoms with Gasteiger partial charge in [0, 0.05) is 13.1 Å². The third-order valence-corrected chi connectivity index (χ3v) is 4.32. The van der Waals surface area contributed by atoms with Gasteiger partial charge in [0.1, 0.15) is 0 Å². The second-order valence-electron chi connectivity index (χ2n) is 4.21. The van der Waals surface area contributed by atoms with Crippen molar-refractivity contribution in [3.05, 3.63) is 33.8 Å². The fraction of sp³-hybridized carbons (Fsp3) is 0.455. The summed E-state index contributed by atoms with van der Waals surface area (Å²) in [5.74, 6) is -0.0999. The molecule has 0 aliphatic carbocycles. The van der Waals surface area contributed by atoms with E-state index in [4.69, 9.17) is 23.2 Å². The molecule has 18 heavy (non-hydrogen) atoms. The zero-order chi connectivity index (χ0) is 13.8. The van der Waals surface area contributed by atoms with E-state index in [1.807, 2.05) is 19.0 Å². The number of sulfonamides is 1. The van der Waals surface area contributed by atoms with E-state index in [0.29, 0.717) is 28.7 Å². The largest absolute Gasteiger partial charge is 0.308 e. The van der Waals surface area contributed by atoms with E-state index in [9.17, 15) is 8.42 Å². The maximum Gasteiger partial charge on any atom is 0.215 e. The molecule has 0 amide bonds. The molecule has 1 aromatic carbocycles. The highest BCUT2D eigenvalue weighted by Crippen LogP contribution is 2.23. The fourth-order valence-corrected chi connectivity index (χ4v) is 2.77. The van der Waals surface area contributed by atoms with Crippen LogP contribution in [0.1, 0.15) is 5.56 Å². The molecular formula is C11H16Cl2N2O2S. The number of likely N-dealkylation sites (N-methyl/N-ethyl adjacent to an activating group) is 1. The van der Waals surface area contributed by atoms with E-state index in [0.717, 1.165) is 0 Å². The Balaban J connectivity index is 2.62. The summed E-state index contributed by atoms with van der Waals surface area (Å²) in [6, 6.07) is 4.81. The van der Waals surface area contributed by atoms with Crippen LogP contribution < -0.4 is 4.72 Å². The van der Waals surface area contributed by atoms with Crippen LogP contribution in [-0.4, -0.2) is 40.5 Å². The maximum absolute atomic E-state index is 11.8. The minimum Gasteiger partial charge on any atom is -0.308 e. The first-order valence-electron chi connectivity index (χ1n) is 5.36. The van der Waals surface area contributed by atoms with Gasteiger partial charge in [-0.05, 0) is 31.8 Å². The zero-order valence-corrected chi connectivity index (χ0v) is 12.6. The first-order valence-corrected chi connectivity index (χ1v) is 7.77. The molecule has 102 valence electrons. The lowest BCUT2D eigenvalue weighted by Gasteiger charge is -2.11. The van der Waals surface area contributed by atoms with Crippen molar-refractivity contribution in [3.63, 3.8) is 0 Å². The van der Waals surface area contributed by atoms with Crippen molar-refractivity contribution in [3.8, 4) is 0 Å². The lowest BCUT2D eigenvalue weighted by molar-refractivity contribution is 0.412. The molecule has 0 heterocycles. The highest BCUT2D eigenvalue weighted by atomic mass is 35.5. The van der Waals surface area contributed by atoms with Crippen molar-refractivity contribution in [2.75, 3.05) is 27.2 Å². The number of nitrogens with one attached hydrogen (secondary N) is 1. The monoisotopic (exact) mass is 310 g/mol. The van der Waals surface area contributed by atoms with Gasteiger partial charge in [-0.1, -0.05) is 29.3 Å². The molecule has 0 aromatic heterocycles. The summed E-state index contributed by atoms with van der Waals surface area (Å²) in [5.41, 5.74) is 0.613. The third kappa shape index (κ3) is 5.54. The van der Waals surface area contributed by atoms with Crippen molar-refractivity contribution < 1.29 is 8.42 Å². The highest BCUT2D eigenvalue weighted by molar-refractivity contribution is 7.88. The lowest BCUT2D eigenvalue weighted by atomic mass is 10.2. The van der Waals surface area contributed by atoms with Gasteiger partial charge in [-0.15, -0.1) is 0 Å². The Hall–Kier alpha value is -0.330. The molecule has 0 unspecified atom stereocenters. The van der Waals surface area contributed by atoms with Crippen LogP contribution in [0.15, 0.2) is 18.2 Å². The molecule has 1 rings (SSSR count). The Morgan fingerprint density at radius 2 is 1.89 bits per heavy atom. The van der Waals surface area contributed by atoms with Crippen molar-refractivity contribution in [2.24, 2.45) is 0 Å². The molecule has 1 aromatic rings. The van der Waals surface area contributed by atoms with E-state index in [1.165, 1.54) is 0 Å². The van der Waals surface area contributed by atoms with Crippen LogP contribution in [0.5, 0.6) is 0 Å². The number of halogens is 2. The number of hydrogen-bond donors (Lipinski definition) is 1. The van der Waals surface area contributed by atoms with Crippen LogP contribution in [0.25, 0.3) is 0 Å². The third-order valence-electron chi connectivity index (χ3n) is 2.22. The molecule has 7 heteroatoms. The Morgan fingerprint density at radius 3 is 2.44 bits per heavy atom. The summed E-state index contributed by atoms with van der Waals surface area (Å²) in [4.78, 5) is 1.90. The Morgan fingerprint density at radius 1 is 1.22 bits per heavy atom. The van der Waals surface area contributed by atoms with Gasteiger partial charge in [-0.25, -0.2) is 13.1 Å². The van der Waals surface area contributed by atoms with Crippen molar-refractivity contribution in [2.45, 2.75) is 5.75 Å². The molecule has 1 N–H and O–H groups in total. The summed E-state index contributed by atoms with van der Waals surface area (Å²) < 4.78 is 26.1. The van der Waals surface area contributed by atoms with Gasteiger partial charge in [0.2, 0.25) is 10.0 Å². The quantitative estimate of drug-likeness (QED) is 0.874. The molecule has 0 bridgehead atoms. The summed E-state index contributed by atoms with van der Waals surface area (Å²) in [6.07, 6.45) is 0. The zero-order valence-electron chi connectivity index (χ0n) is 10.3. The summed E-state index contributed by atoms with van der Waals surface area (Å²) >= 11 is 11.6. The van der Waals surface area contributed by atoms with Gasteiger partial charge >= 0.3 is 0 Å². The number of rotatable bonds is 6. The van der Waals surface area contributed by atoms with Crippen LogP contribution in [0.2, 0.25) is 10.0 Å². The Kier molecular flexibility index (Phi) is 5.88. The van der Waals surface area contributed by atoms with Gasteiger partial charge in [-0.2, -0.15) is 0 Å². The predicted octanol–water partition coefficient (Wildman–Crippen LogP) is 1.97. The van der Waals surface area contributed by atoms with Gasteiger partial charge in [0.05, 0.1) is 15.8 Å². The lowest BCUT2D eigenvalue weighted by Crippen LogP contribution is -2.32. The minimum absolute atomic E-state index is 0.0999. The Labute approximate surface area is 118 Å². The van der Waals surface area contributed by atoms with Gasteiger partial charge in [0.15, 0.2) is 0 Å². The van der Waals surface area contributed by atoms with Crippen molar-refractivity contribution in [1.29, 1.82) is 0 Å². The van der Waals surface area contributed by atoms with Gasteiger partial charge in [0.25, 0.3) is 0 Å². The average Bonchev–Trinajstić information content (AvgIpc) is 2.22. The molecular weight excluding hydrogens is 295 g/mol. The van der Waals surface area contributed by atoms with Crippen LogP contribution in [0, 0.1) is 0 Å². The van der Waals surface area contributed by atoms with E-state index in [-0.39, 0.29) is 5.75 Å². The number of nitrogens with zero attached hydrogens (tertiary/aromatic N) is 1. The SMILES string of the molecule is CN(C)CCNS(=O)(=O)Cc1ccc(Cl)c(Cl)c1. The average molecular weight is 311 g/mol. The van der Waals surface area contributed by atoms with Crippen LogP contribution in [0.4, 0.5) is 0 Å². The first-order chi connectivity index (χ1) is 8.30. The molecule has 0 radical (unpaired) electrons. The van der Waals surface area contributed by atoms with Crippen molar-refractivity contribution in [1.82, 2.24) is 9.62 Å². The number of hydrogen-bond acceptors (Lipinski definition) is 3. The maximum atomic E-state index is 11.8. The molecule has 0 saturated heterocycles. The molecule has 0 aliphatic rings. The smallest absolute Gasteiger partial charge is 0.215 e. The molecule has 0 atom stereocenters. The fourth-order valence-electron chi connectivity index (χ4n) is 1.32. The van der Waals surface area contributed by atoms with Gasteiger partial charge < -0.3 is 4.90 Å². The second-order valence-corrected chi connectivity index (χ2v) is 6.83. The highest BCUT2D eigenvalue weighted by Gasteiger charge is 2.12. The molecule has 4 nitrogen and oxygen atoms in total.